The lowest BCUT2D eigenvalue weighted by molar-refractivity contribution is 0.0303. The number of hydrogen-bond acceptors (Lipinski definition) is 6. The zero-order chi connectivity index (χ0) is 21.0. The molecule has 1 aliphatic rings. The van der Waals surface area contributed by atoms with Crippen molar-refractivity contribution < 1.29 is 9.53 Å². The molecule has 2 aromatic heterocycles. The first kappa shape index (κ1) is 19.7. The van der Waals surface area contributed by atoms with Gasteiger partial charge in [0.25, 0.3) is 5.91 Å². The molecular formula is C24H22N4O2S. The Labute approximate surface area is 184 Å². The van der Waals surface area contributed by atoms with E-state index in [-0.39, 0.29) is 5.91 Å². The van der Waals surface area contributed by atoms with Crippen LogP contribution in [0, 0.1) is 0 Å². The van der Waals surface area contributed by atoms with Gasteiger partial charge in [-0.15, -0.1) is 11.3 Å². The predicted octanol–water partition coefficient (Wildman–Crippen LogP) is 4.44. The lowest BCUT2D eigenvalue weighted by Crippen LogP contribution is -2.40. The predicted molar refractivity (Wildman–Crippen MR) is 123 cm³/mol. The molecule has 0 spiro atoms. The number of fused-ring (bicyclic) bond motifs is 1. The van der Waals surface area contributed by atoms with E-state index in [2.05, 4.69) is 33.5 Å². The summed E-state index contributed by atoms with van der Waals surface area (Å²) in [6.45, 7) is 3.06. The molecule has 0 aliphatic carbocycles. The molecule has 1 amide bonds. The van der Waals surface area contributed by atoms with Crippen molar-refractivity contribution in [1.82, 2.24) is 14.9 Å². The van der Waals surface area contributed by atoms with E-state index in [1.54, 1.807) is 17.7 Å². The van der Waals surface area contributed by atoms with Crippen LogP contribution in [0.1, 0.15) is 15.9 Å². The number of thiophene rings is 1. The van der Waals surface area contributed by atoms with Gasteiger partial charge in [-0.05, 0) is 29.3 Å². The summed E-state index contributed by atoms with van der Waals surface area (Å²) in [4.78, 5) is 25.6. The van der Waals surface area contributed by atoms with E-state index in [1.165, 1.54) is 5.56 Å². The maximum Gasteiger partial charge on any atom is 0.254 e. The Balaban J connectivity index is 1.34. The average molecular weight is 431 g/mol. The van der Waals surface area contributed by atoms with Gasteiger partial charge < -0.3 is 15.0 Å². The van der Waals surface area contributed by atoms with Crippen LogP contribution < -0.4 is 5.32 Å². The number of anilines is 1. The highest BCUT2D eigenvalue weighted by molar-refractivity contribution is 7.21. The van der Waals surface area contributed by atoms with Crippen LogP contribution in [0.3, 0.4) is 0 Å². The van der Waals surface area contributed by atoms with Crippen molar-refractivity contribution in [3.63, 3.8) is 0 Å². The maximum atomic E-state index is 12.8. The average Bonchev–Trinajstić information content (AvgIpc) is 3.29. The number of aromatic nitrogens is 2. The Hall–Kier alpha value is -3.29. The summed E-state index contributed by atoms with van der Waals surface area (Å²) in [5.41, 5.74) is 2.91. The van der Waals surface area contributed by atoms with Gasteiger partial charge in [-0.3, -0.25) is 4.79 Å². The number of nitrogens with one attached hydrogen (secondary N) is 1. The van der Waals surface area contributed by atoms with Crippen LogP contribution in [0.5, 0.6) is 0 Å². The third-order valence-corrected chi connectivity index (χ3v) is 6.41. The molecule has 1 saturated heterocycles. The third-order valence-electron chi connectivity index (χ3n) is 5.32. The summed E-state index contributed by atoms with van der Waals surface area (Å²) < 4.78 is 5.35. The van der Waals surface area contributed by atoms with Crippen LogP contribution in [-0.2, 0) is 11.3 Å². The summed E-state index contributed by atoms with van der Waals surface area (Å²) >= 11 is 1.66. The minimum Gasteiger partial charge on any atom is -0.378 e. The number of ether oxygens (including phenoxy) is 1. The highest BCUT2D eigenvalue weighted by Gasteiger charge is 2.18. The van der Waals surface area contributed by atoms with E-state index in [0.717, 1.165) is 26.5 Å². The van der Waals surface area contributed by atoms with Crippen molar-refractivity contribution in [1.29, 1.82) is 0 Å². The smallest absolute Gasteiger partial charge is 0.254 e. The standard InChI is InChI=1S/C24H22N4O2S/c29-24(28-9-11-30-12-10-28)19-8-4-5-17(13-19)15-25-22-20-14-21(18-6-2-1-3-7-18)31-23(20)27-16-26-22/h1-8,13-14,16H,9-12,15H2,(H,25,26,27). The third kappa shape index (κ3) is 4.28. The van der Waals surface area contributed by atoms with Crippen molar-refractivity contribution in [3.05, 3.63) is 78.1 Å². The molecule has 0 atom stereocenters. The van der Waals surface area contributed by atoms with Crippen molar-refractivity contribution in [2.24, 2.45) is 0 Å². The normalized spacial score (nSPS) is 14.0. The molecule has 5 rings (SSSR count). The largest absolute Gasteiger partial charge is 0.378 e. The van der Waals surface area contributed by atoms with E-state index < -0.39 is 0 Å². The van der Waals surface area contributed by atoms with Crippen LogP contribution in [0.2, 0.25) is 0 Å². The minimum atomic E-state index is 0.0555. The first-order valence-corrected chi connectivity index (χ1v) is 11.1. The highest BCUT2D eigenvalue weighted by atomic mass is 32.1. The lowest BCUT2D eigenvalue weighted by Gasteiger charge is -2.27. The van der Waals surface area contributed by atoms with Gasteiger partial charge >= 0.3 is 0 Å². The second kappa shape index (κ2) is 8.83. The van der Waals surface area contributed by atoms with E-state index in [1.807, 2.05) is 47.4 Å². The van der Waals surface area contributed by atoms with Gasteiger partial charge in [-0.25, -0.2) is 9.97 Å². The molecule has 2 aromatic carbocycles. The number of carbonyl (C=O) groups excluding carboxylic acids is 1. The molecule has 0 unspecified atom stereocenters. The van der Waals surface area contributed by atoms with Gasteiger partial charge in [0.1, 0.15) is 17.0 Å². The monoisotopic (exact) mass is 430 g/mol. The van der Waals surface area contributed by atoms with Gasteiger partial charge in [-0.1, -0.05) is 42.5 Å². The summed E-state index contributed by atoms with van der Waals surface area (Å²) in [6.07, 6.45) is 1.59. The molecular weight excluding hydrogens is 408 g/mol. The fraction of sp³-hybridized carbons (Fsp3) is 0.208. The van der Waals surface area contributed by atoms with Crippen molar-refractivity contribution in [3.8, 4) is 10.4 Å². The Bertz CT molecular complexity index is 1200. The Morgan fingerprint density at radius 1 is 1.03 bits per heavy atom. The van der Waals surface area contributed by atoms with E-state index in [9.17, 15) is 4.79 Å². The molecule has 4 aromatic rings. The summed E-state index contributed by atoms with van der Waals surface area (Å²) in [5, 5.41) is 4.43. The maximum absolute atomic E-state index is 12.8. The Morgan fingerprint density at radius 3 is 2.71 bits per heavy atom. The fourth-order valence-corrected chi connectivity index (χ4v) is 4.69. The fourth-order valence-electron chi connectivity index (χ4n) is 3.69. The summed E-state index contributed by atoms with van der Waals surface area (Å²) in [5.74, 6) is 0.855. The summed E-state index contributed by atoms with van der Waals surface area (Å²) in [7, 11) is 0. The Kier molecular flexibility index (Phi) is 5.60. The highest BCUT2D eigenvalue weighted by Crippen LogP contribution is 2.34. The number of rotatable bonds is 5. The van der Waals surface area contributed by atoms with Crippen molar-refractivity contribution in [2.45, 2.75) is 6.54 Å². The number of benzene rings is 2. The molecule has 6 nitrogen and oxygen atoms in total. The quantitative estimate of drug-likeness (QED) is 0.507. The molecule has 0 bridgehead atoms. The van der Waals surface area contributed by atoms with Gasteiger partial charge in [-0.2, -0.15) is 0 Å². The molecule has 0 saturated carbocycles. The molecule has 1 aliphatic heterocycles. The molecule has 0 radical (unpaired) electrons. The lowest BCUT2D eigenvalue weighted by atomic mass is 10.1. The van der Waals surface area contributed by atoms with Gasteiger partial charge in [0.15, 0.2) is 0 Å². The molecule has 3 heterocycles. The molecule has 156 valence electrons. The van der Waals surface area contributed by atoms with Gasteiger partial charge in [0.05, 0.1) is 18.6 Å². The number of amides is 1. The van der Waals surface area contributed by atoms with Gasteiger partial charge in [0, 0.05) is 30.1 Å². The zero-order valence-electron chi connectivity index (χ0n) is 17.0. The van der Waals surface area contributed by atoms with Crippen molar-refractivity contribution in [2.75, 3.05) is 31.6 Å². The van der Waals surface area contributed by atoms with Crippen LogP contribution >= 0.6 is 11.3 Å². The topological polar surface area (TPSA) is 67.4 Å². The molecule has 31 heavy (non-hydrogen) atoms. The van der Waals surface area contributed by atoms with Crippen LogP contribution in [-0.4, -0.2) is 47.1 Å². The molecule has 1 fully saturated rings. The molecule has 1 N–H and O–H groups in total. The number of carbonyl (C=O) groups is 1. The van der Waals surface area contributed by atoms with Crippen molar-refractivity contribution >= 4 is 33.3 Å². The SMILES string of the molecule is O=C(c1cccc(CNc2ncnc3sc(-c4ccccc4)cc23)c1)N1CCOCC1. The van der Waals surface area contributed by atoms with Crippen LogP contribution in [0.4, 0.5) is 5.82 Å². The first-order chi connectivity index (χ1) is 15.3. The second-order valence-corrected chi connectivity index (χ2v) is 8.41. The number of morpholine rings is 1. The van der Waals surface area contributed by atoms with Crippen LogP contribution in [0.25, 0.3) is 20.7 Å². The Morgan fingerprint density at radius 2 is 1.87 bits per heavy atom. The van der Waals surface area contributed by atoms with E-state index >= 15 is 0 Å². The van der Waals surface area contributed by atoms with Crippen LogP contribution in [0.15, 0.2) is 67.0 Å². The minimum absolute atomic E-state index is 0.0555. The number of hydrogen-bond donors (Lipinski definition) is 1. The number of nitrogens with zero attached hydrogens (tertiary/aromatic N) is 3. The van der Waals surface area contributed by atoms with E-state index in [0.29, 0.717) is 38.4 Å². The molecule has 7 heteroatoms. The second-order valence-electron chi connectivity index (χ2n) is 7.38. The zero-order valence-corrected chi connectivity index (χ0v) is 17.8. The summed E-state index contributed by atoms with van der Waals surface area (Å²) in [6, 6.07) is 20.2. The first-order valence-electron chi connectivity index (χ1n) is 10.3. The van der Waals surface area contributed by atoms with Gasteiger partial charge in [0.2, 0.25) is 0 Å². The van der Waals surface area contributed by atoms with E-state index in [4.69, 9.17) is 4.74 Å².